The van der Waals surface area contributed by atoms with E-state index in [4.69, 9.17) is 5.11 Å². The predicted octanol–water partition coefficient (Wildman–Crippen LogP) is 0.943. The molecule has 0 radical (unpaired) electrons. The van der Waals surface area contributed by atoms with Crippen LogP contribution in [0.15, 0.2) is 30.3 Å². The van der Waals surface area contributed by atoms with Gasteiger partial charge < -0.3 is 15.3 Å². The summed E-state index contributed by atoms with van der Waals surface area (Å²) < 4.78 is 0. The second-order valence-corrected chi connectivity index (χ2v) is 5.05. The second kappa shape index (κ2) is 10.2. The largest absolute Gasteiger partial charge is 0.395 e. The average Bonchev–Trinajstić information content (AvgIpc) is 2.51. The van der Waals surface area contributed by atoms with Crippen molar-refractivity contribution in [3.05, 3.63) is 30.3 Å². The molecule has 0 unspecified atom stereocenters. The molecule has 0 bridgehead atoms. The van der Waals surface area contributed by atoms with Crippen LogP contribution in [0, 0.1) is 0 Å². The Morgan fingerprint density at radius 1 is 1.24 bits per heavy atom. The highest BCUT2D eigenvalue weighted by Gasteiger charge is 2.07. The summed E-state index contributed by atoms with van der Waals surface area (Å²) in [5.74, 6) is 0.0210. The van der Waals surface area contributed by atoms with Gasteiger partial charge in [-0.3, -0.25) is 9.69 Å². The molecule has 0 aliphatic rings. The molecule has 118 valence electrons. The molecule has 1 aromatic rings. The van der Waals surface area contributed by atoms with E-state index in [1.165, 1.54) is 5.69 Å². The summed E-state index contributed by atoms with van der Waals surface area (Å²) in [6, 6.07) is 10.2. The normalized spacial score (nSPS) is 10.7. The first-order chi connectivity index (χ1) is 10.2. The van der Waals surface area contributed by atoms with Crippen LogP contribution in [-0.4, -0.2) is 62.3 Å². The molecule has 0 heterocycles. The van der Waals surface area contributed by atoms with Crippen LogP contribution >= 0.6 is 0 Å². The SMILES string of the molecule is CCN(CCO)CC(=O)NCCCN(C)c1ccccc1. The average molecular weight is 293 g/mol. The maximum atomic E-state index is 11.8. The summed E-state index contributed by atoms with van der Waals surface area (Å²) in [7, 11) is 2.05. The molecular formula is C16H27N3O2. The van der Waals surface area contributed by atoms with Crippen molar-refractivity contribution in [3.63, 3.8) is 0 Å². The van der Waals surface area contributed by atoms with Gasteiger partial charge in [0.2, 0.25) is 5.91 Å². The molecule has 0 saturated heterocycles. The van der Waals surface area contributed by atoms with E-state index in [0.29, 0.717) is 19.6 Å². The highest BCUT2D eigenvalue weighted by atomic mass is 16.3. The van der Waals surface area contributed by atoms with Crippen molar-refractivity contribution in [2.75, 3.05) is 51.3 Å². The van der Waals surface area contributed by atoms with E-state index >= 15 is 0 Å². The van der Waals surface area contributed by atoms with Crippen LogP contribution in [0.4, 0.5) is 5.69 Å². The Bertz CT molecular complexity index is 398. The lowest BCUT2D eigenvalue weighted by molar-refractivity contribution is -0.122. The molecule has 1 aromatic carbocycles. The van der Waals surface area contributed by atoms with Crippen molar-refractivity contribution in [1.82, 2.24) is 10.2 Å². The Balaban J connectivity index is 2.17. The standard InChI is InChI=1S/C16H27N3O2/c1-3-19(12-13-20)14-16(21)17-10-7-11-18(2)15-8-5-4-6-9-15/h4-6,8-9,20H,3,7,10-14H2,1-2H3,(H,17,21). The molecule has 0 aliphatic carbocycles. The highest BCUT2D eigenvalue weighted by Crippen LogP contribution is 2.10. The number of benzene rings is 1. The minimum absolute atomic E-state index is 0.0210. The van der Waals surface area contributed by atoms with Crippen LogP contribution in [-0.2, 0) is 4.79 Å². The third kappa shape index (κ3) is 7.11. The quantitative estimate of drug-likeness (QED) is 0.631. The number of para-hydroxylation sites is 1. The van der Waals surface area contributed by atoms with Gasteiger partial charge in [-0.15, -0.1) is 0 Å². The van der Waals surface area contributed by atoms with Crippen molar-refractivity contribution in [3.8, 4) is 0 Å². The van der Waals surface area contributed by atoms with Crippen LogP contribution in [0.5, 0.6) is 0 Å². The summed E-state index contributed by atoms with van der Waals surface area (Å²) >= 11 is 0. The molecule has 5 heteroatoms. The summed E-state index contributed by atoms with van der Waals surface area (Å²) in [5, 5.41) is 11.8. The molecule has 0 aliphatic heterocycles. The summed E-state index contributed by atoms with van der Waals surface area (Å²) in [5.41, 5.74) is 1.18. The Morgan fingerprint density at radius 2 is 1.95 bits per heavy atom. The van der Waals surface area contributed by atoms with Crippen molar-refractivity contribution < 1.29 is 9.90 Å². The number of nitrogens with one attached hydrogen (secondary N) is 1. The monoisotopic (exact) mass is 293 g/mol. The van der Waals surface area contributed by atoms with Crippen LogP contribution < -0.4 is 10.2 Å². The first-order valence-corrected chi connectivity index (χ1v) is 7.53. The lowest BCUT2D eigenvalue weighted by Gasteiger charge is -2.20. The molecule has 1 rings (SSSR count). The molecule has 21 heavy (non-hydrogen) atoms. The lowest BCUT2D eigenvalue weighted by Crippen LogP contribution is -2.39. The molecule has 5 nitrogen and oxygen atoms in total. The van der Waals surface area contributed by atoms with Crippen molar-refractivity contribution >= 4 is 11.6 Å². The van der Waals surface area contributed by atoms with Crippen LogP contribution in [0.1, 0.15) is 13.3 Å². The van der Waals surface area contributed by atoms with Crippen LogP contribution in [0.25, 0.3) is 0 Å². The predicted molar refractivity (Wildman–Crippen MR) is 86.5 cm³/mol. The van der Waals surface area contributed by atoms with Gasteiger partial charge >= 0.3 is 0 Å². The Morgan fingerprint density at radius 3 is 2.57 bits per heavy atom. The molecule has 2 N–H and O–H groups in total. The Labute approximate surface area is 127 Å². The van der Waals surface area contributed by atoms with Gasteiger partial charge in [0.25, 0.3) is 0 Å². The zero-order chi connectivity index (χ0) is 15.5. The van der Waals surface area contributed by atoms with E-state index < -0.39 is 0 Å². The molecule has 0 saturated carbocycles. The number of hydrogen-bond donors (Lipinski definition) is 2. The second-order valence-electron chi connectivity index (χ2n) is 5.05. The summed E-state index contributed by atoms with van der Waals surface area (Å²) in [4.78, 5) is 15.9. The van der Waals surface area contributed by atoms with Gasteiger partial charge in [0.05, 0.1) is 13.2 Å². The molecular weight excluding hydrogens is 266 g/mol. The zero-order valence-electron chi connectivity index (χ0n) is 13.1. The van der Waals surface area contributed by atoms with E-state index in [1.54, 1.807) is 0 Å². The number of likely N-dealkylation sites (N-methyl/N-ethyl adjacent to an activating group) is 1. The number of hydrogen-bond acceptors (Lipinski definition) is 4. The van der Waals surface area contributed by atoms with E-state index in [0.717, 1.165) is 19.5 Å². The maximum Gasteiger partial charge on any atom is 0.234 e. The Hall–Kier alpha value is -1.59. The first kappa shape index (κ1) is 17.5. The number of rotatable bonds is 10. The van der Waals surface area contributed by atoms with Gasteiger partial charge in [0, 0.05) is 32.4 Å². The number of aliphatic hydroxyl groups is 1. The number of aliphatic hydroxyl groups excluding tert-OH is 1. The minimum atomic E-state index is 0.0210. The Kier molecular flexibility index (Phi) is 8.47. The third-order valence-corrected chi connectivity index (χ3v) is 3.42. The molecule has 0 aromatic heterocycles. The van der Waals surface area contributed by atoms with E-state index in [2.05, 4.69) is 29.4 Å². The molecule has 0 fully saturated rings. The van der Waals surface area contributed by atoms with Crippen molar-refractivity contribution in [1.29, 1.82) is 0 Å². The van der Waals surface area contributed by atoms with Crippen molar-refractivity contribution in [2.24, 2.45) is 0 Å². The van der Waals surface area contributed by atoms with Gasteiger partial charge in [0.1, 0.15) is 0 Å². The summed E-state index contributed by atoms with van der Waals surface area (Å²) in [6.45, 7) is 5.31. The molecule has 0 spiro atoms. The smallest absolute Gasteiger partial charge is 0.234 e. The van der Waals surface area contributed by atoms with Gasteiger partial charge in [0.15, 0.2) is 0 Å². The fraction of sp³-hybridized carbons (Fsp3) is 0.562. The van der Waals surface area contributed by atoms with Gasteiger partial charge in [-0.25, -0.2) is 0 Å². The van der Waals surface area contributed by atoms with Gasteiger partial charge in [-0.1, -0.05) is 25.1 Å². The van der Waals surface area contributed by atoms with Crippen molar-refractivity contribution in [2.45, 2.75) is 13.3 Å². The van der Waals surface area contributed by atoms with Crippen LogP contribution in [0.2, 0.25) is 0 Å². The lowest BCUT2D eigenvalue weighted by atomic mass is 10.3. The fourth-order valence-corrected chi connectivity index (χ4v) is 2.10. The number of carbonyl (C=O) groups is 1. The van der Waals surface area contributed by atoms with Crippen LogP contribution in [0.3, 0.4) is 0 Å². The zero-order valence-corrected chi connectivity index (χ0v) is 13.1. The van der Waals surface area contributed by atoms with Gasteiger partial charge in [-0.2, -0.15) is 0 Å². The number of carbonyl (C=O) groups excluding carboxylic acids is 1. The van der Waals surface area contributed by atoms with E-state index in [-0.39, 0.29) is 12.5 Å². The number of amides is 1. The van der Waals surface area contributed by atoms with E-state index in [9.17, 15) is 4.79 Å². The minimum Gasteiger partial charge on any atom is -0.395 e. The maximum absolute atomic E-state index is 11.8. The van der Waals surface area contributed by atoms with Gasteiger partial charge in [-0.05, 0) is 25.1 Å². The highest BCUT2D eigenvalue weighted by molar-refractivity contribution is 5.77. The topological polar surface area (TPSA) is 55.8 Å². The number of anilines is 1. The fourth-order valence-electron chi connectivity index (χ4n) is 2.10. The molecule has 1 amide bonds. The first-order valence-electron chi connectivity index (χ1n) is 7.53. The summed E-state index contributed by atoms with van der Waals surface area (Å²) in [6.07, 6.45) is 0.906. The number of nitrogens with zero attached hydrogens (tertiary/aromatic N) is 2. The van der Waals surface area contributed by atoms with E-state index in [1.807, 2.05) is 30.0 Å². The molecule has 0 atom stereocenters. The third-order valence-electron chi connectivity index (χ3n) is 3.42.